The molecule has 0 aromatic heterocycles. The van der Waals surface area contributed by atoms with Crippen LogP contribution in [0.4, 0.5) is 8.78 Å². The van der Waals surface area contributed by atoms with Gasteiger partial charge in [0.15, 0.2) is 11.6 Å². The van der Waals surface area contributed by atoms with Gasteiger partial charge in [0.1, 0.15) is 0 Å². The Balaban J connectivity index is 2.62. The number of benzene rings is 1. The highest BCUT2D eigenvalue weighted by Crippen LogP contribution is 2.24. The second-order valence-electron chi connectivity index (χ2n) is 5.94. The van der Waals surface area contributed by atoms with Gasteiger partial charge < -0.3 is 4.74 Å². The van der Waals surface area contributed by atoms with Gasteiger partial charge in [0.05, 0.1) is 7.11 Å². The van der Waals surface area contributed by atoms with Gasteiger partial charge in [-0.05, 0) is 42.0 Å². The van der Waals surface area contributed by atoms with Crippen LogP contribution in [0.5, 0.6) is 5.75 Å². The molecule has 0 heterocycles. The lowest BCUT2D eigenvalue weighted by Crippen LogP contribution is -1.98. The molecule has 26 heavy (non-hydrogen) atoms. The van der Waals surface area contributed by atoms with Crippen molar-refractivity contribution in [3.63, 3.8) is 0 Å². The van der Waals surface area contributed by atoms with Gasteiger partial charge in [0.25, 0.3) is 0 Å². The average Bonchev–Trinajstić information content (AvgIpc) is 2.64. The Bertz CT molecular complexity index is 767. The van der Waals surface area contributed by atoms with Gasteiger partial charge in [-0.25, -0.2) is 4.39 Å². The van der Waals surface area contributed by atoms with E-state index in [1.807, 2.05) is 31.2 Å². The molecule has 0 saturated heterocycles. The Morgan fingerprint density at radius 1 is 0.923 bits per heavy atom. The highest BCUT2D eigenvalue weighted by atomic mass is 19.2. The molecule has 1 nitrogen and oxygen atoms in total. The summed E-state index contributed by atoms with van der Waals surface area (Å²) in [5.41, 5.74) is 3.64. The van der Waals surface area contributed by atoms with Crippen LogP contribution in [0.3, 0.4) is 0 Å². The van der Waals surface area contributed by atoms with Crippen LogP contribution in [0, 0.1) is 11.6 Å². The number of allylic oxidation sites excluding steroid dienone is 8. The topological polar surface area (TPSA) is 9.23 Å². The van der Waals surface area contributed by atoms with E-state index in [9.17, 15) is 8.78 Å². The Morgan fingerprint density at radius 2 is 1.50 bits per heavy atom. The molecule has 1 aromatic rings. The van der Waals surface area contributed by atoms with Crippen molar-refractivity contribution in [2.75, 3.05) is 7.11 Å². The van der Waals surface area contributed by atoms with Crippen molar-refractivity contribution in [1.29, 1.82) is 0 Å². The number of halogens is 2. The zero-order valence-electron chi connectivity index (χ0n) is 15.6. The second-order valence-corrected chi connectivity index (χ2v) is 5.94. The average molecular weight is 356 g/mol. The summed E-state index contributed by atoms with van der Waals surface area (Å²) in [6.45, 7) is 17.8. The molecule has 0 bridgehead atoms. The quantitative estimate of drug-likeness (QED) is 0.426. The van der Waals surface area contributed by atoms with Crippen molar-refractivity contribution in [1.82, 2.24) is 0 Å². The predicted molar refractivity (Wildman–Crippen MR) is 106 cm³/mol. The van der Waals surface area contributed by atoms with Crippen LogP contribution < -0.4 is 4.74 Å². The van der Waals surface area contributed by atoms with Crippen LogP contribution >= 0.6 is 0 Å². The minimum atomic E-state index is -0.962. The van der Waals surface area contributed by atoms with Crippen LogP contribution in [0.1, 0.15) is 25.3 Å². The van der Waals surface area contributed by atoms with Crippen molar-refractivity contribution in [3.8, 4) is 5.75 Å². The smallest absolute Gasteiger partial charge is 0.200 e. The fraction of sp³-hybridized carbons (Fsp3) is 0.217. The van der Waals surface area contributed by atoms with E-state index in [2.05, 4.69) is 26.3 Å². The van der Waals surface area contributed by atoms with E-state index in [1.165, 1.54) is 19.2 Å². The maximum Gasteiger partial charge on any atom is 0.200 e. The second kappa shape index (κ2) is 10.3. The van der Waals surface area contributed by atoms with Crippen molar-refractivity contribution in [3.05, 3.63) is 102 Å². The van der Waals surface area contributed by atoms with Gasteiger partial charge in [-0.1, -0.05) is 74.8 Å². The summed E-state index contributed by atoms with van der Waals surface area (Å²) >= 11 is 0. The van der Waals surface area contributed by atoms with Gasteiger partial charge in [0.2, 0.25) is 5.82 Å². The maximum absolute atomic E-state index is 14.0. The highest BCUT2D eigenvalue weighted by Gasteiger charge is 2.13. The van der Waals surface area contributed by atoms with Crippen LogP contribution in [0.25, 0.3) is 0 Å². The van der Waals surface area contributed by atoms with Gasteiger partial charge in [-0.15, -0.1) is 0 Å². The van der Waals surface area contributed by atoms with Crippen molar-refractivity contribution in [2.24, 2.45) is 0 Å². The summed E-state index contributed by atoms with van der Waals surface area (Å²) in [6, 6.07) is 2.95. The minimum absolute atomic E-state index is 0.0985. The largest absolute Gasteiger partial charge is 0.494 e. The molecule has 0 N–H and O–H groups in total. The van der Waals surface area contributed by atoms with E-state index in [1.54, 1.807) is 0 Å². The molecule has 0 aliphatic rings. The molecule has 0 amide bonds. The van der Waals surface area contributed by atoms with Crippen LogP contribution in [0.2, 0.25) is 0 Å². The van der Waals surface area contributed by atoms with Crippen LogP contribution in [0.15, 0.2) is 85.0 Å². The molecule has 0 saturated carbocycles. The molecule has 0 spiro atoms. The summed E-state index contributed by atoms with van der Waals surface area (Å²) in [6.07, 6.45) is 9.14. The number of rotatable bonds is 10. The lowest BCUT2D eigenvalue weighted by atomic mass is 10.0. The molecule has 1 rings (SSSR count). The Kier molecular flexibility index (Phi) is 8.50. The van der Waals surface area contributed by atoms with Crippen molar-refractivity contribution in [2.45, 2.75) is 26.2 Å². The summed E-state index contributed by atoms with van der Waals surface area (Å²) in [5.74, 6) is -1.94. The molecule has 0 unspecified atom stereocenters. The SMILES string of the molecule is C=C(/C=C\C(=C)C(=C)/C=C\C(=C)CCc1ccc(OC)c(F)c1F)CC. The third-order valence-corrected chi connectivity index (χ3v) is 3.97. The first-order valence-corrected chi connectivity index (χ1v) is 8.40. The maximum atomic E-state index is 14.0. The molecule has 1 aromatic carbocycles. The molecule has 0 aliphatic heterocycles. The highest BCUT2D eigenvalue weighted by molar-refractivity contribution is 5.45. The fourth-order valence-corrected chi connectivity index (χ4v) is 2.07. The van der Waals surface area contributed by atoms with E-state index in [0.717, 1.165) is 28.7 Å². The number of hydrogen-bond acceptors (Lipinski definition) is 1. The van der Waals surface area contributed by atoms with E-state index in [0.29, 0.717) is 18.4 Å². The number of ether oxygens (including phenoxy) is 1. The first-order chi connectivity index (χ1) is 12.3. The monoisotopic (exact) mass is 356 g/mol. The molecule has 0 aliphatic carbocycles. The first kappa shape index (κ1) is 21.4. The molecular weight excluding hydrogens is 330 g/mol. The summed E-state index contributed by atoms with van der Waals surface area (Å²) in [7, 11) is 1.30. The lowest BCUT2D eigenvalue weighted by Gasteiger charge is -2.08. The number of hydrogen-bond donors (Lipinski definition) is 0. The van der Waals surface area contributed by atoms with Gasteiger partial charge in [-0.2, -0.15) is 4.39 Å². The van der Waals surface area contributed by atoms with Crippen LogP contribution in [-0.2, 0) is 6.42 Å². The normalized spacial score (nSPS) is 11.1. The van der Waals surface area contributed by atoms with Gasteiger partial charge in [-0.3, -0.25) is 0 Å². The molecule has 0 atom stereocenters. The van der Waals surface area contributed by atoms with Crippen molar-refractivity contribution < 1.29 is 13.5 Å². The van der Waals surface area contributed by atoms with E-state index in [-0.39, 0.29) is 5.75 Å². The van der Waals surface area contributed by atoms with E-state index in [4.69, 9.17) is 4.74 Å². The molecule has 0 radical (unpaired) electrons. The Morgan fingerprint density at radius 3 is 2.04 bits per heavy atom. The lowest BCUT2D eigenvalue weighted by molar-refractivity contribution is 0.370. The molecular formula is C23H26F2O. The summed E-state index contributed by atoms with van der Waals surface area (Å²) < 4.78 is 32.4. The molecule has 0 fully saturated rings. The minimum Gasteiger partial charge on any atom is -0.494 e. The fourth-order valence-electron chi connectivity index (χ4n) is 2.07. The Hall–Kier alpha value is -2.68. The van der Waals surface area contributed by atoms with Crippen LogP contribution in [-0.4, -0.2) is 7.11 Å². The third kappa shape index (κ3) is 6.32. The molecule has 138 valence electrons. The van der Waals surface area contributed by atoms with Crippen molar-refractivity contribution >= 4 is 0 Å². The number of methoxy groups -OCH3 is 1. The summed E-state index contributed by atoms with van der Waals surface area (Å²) in [5, 5.41) is 0. The van der Waals surface area contributed by atoms with E-state index < -0.39 is 11.6 Å². The van der Waals surface area contributed by atoms with Gasteiger partial charge >= 0.3 is 0 Å². The van der Waals surface area contributed by atoms with Gasteiger partial charge in [0, 0.05) is 0 Å². The zero-order chi connectivity index (χ0) is 19.7. The number of aryl methyl sites for hydroxylation is 1. The van der Waals surface area contributed by atoms with E-state index >= 15 is 0 Å². The third-order valence-electron chi connectivity index (χ3n) is 3.97. The molecule has 3 heteroatoms. The predicted octanol–water partition coefficient (Wildman–Crippen LogP) is 6.65. The standard InChI is InChI=1S/C23H26F2O/c1-7-16(2)8-11-18(4)19(5)12-9-17(3)10-13-20-14-15-21(26-6)23(25)22(20)24/h8-9,11-12,14-15H,2-5,7,10,13H2,1,6H3/b11-8-,12-9-. The summed E-state index contributed by atoms with van der Waals surface area (Å²) in [4.78, 5) is 0. The Labute approximate surface area is 155 Å². The first-order valence-electron chi connectivity index (χ1n) is 8.40. The zero-order valence-corrected chi connectivity index (χ0v) is 15.6.